The van der Waals surface area contributed by atoms with Crippen LogP contribution in [0.1, 0.15) is 13.8 Å². The van der Waals surface area contributed by atoms with Gasteiger partial charge in [-0.05, 0) is 11.8 Å². The maximum absolute atomic E-state index is 9.61. The van der Waals surface area contributed by atoms with Crippen molar-refractivity contribution in [3.8, 4) is 0 Å². The van der Waals surface area contributed by atoms with Crippen LogP contribution in [0.25, 0.3) is 5.73 Å². The maximum atomic E-state index is 9.61. The van der Waals surface area contributed by atoms with Crippen LogP contribution in [-0.2, 0) is 0 Å². The van der Waals surface area contributed by atoms with E-state index in [9.17, 15) is 10.1 Å². The summed E-state index contributed by atoms with van der Waals surface area (Å²) < 4.78 is 0. The van der Waals surface area contributed by atoms with E-state index in [1.807, 2.05) is 0 Å². The molecule has 0 aromatic heterocycles. The van der Waals surface area contributed by atoms with Crippen LogP contribution < -0.4 is 0 Å². The third kappa shape index (κ3) is 9.92. The van der Waals surface area contributed by atoms with Crippen LogP contribution >= 0.6 is 0 Å². The van der Waals surface area contributed by atoms with Crippen LogP contribution in [0.15, 0.2) is 5.10 Å². The first-order chi connectivity index (χ1) is 4.04. The Bertz CT molecular complexity index is 147. The molecule has 1 N–H and O–H groups in total. The molecule has 0 atom stereocenters. The van der Waals surface area contributed by atoms with E-state index in [2.05, 4.69) is 5.10 Å². The summed E-state index contributed by atoms with van der Waals surface area (Å²) in [6, 6.07) is 0. The predicted octanol–water partition coefficient (Wildman–Crippen LogP) is 1.74. The molecule has 0 aromatic carbocycles. The molecular formula is C5H11N3O2U. The number of hydrogen-bond donors (Lipinski definition) is 0. The van der Waals surface area contributed by atoms with E-state index in [1.54, 1.807) is 13.8 Å². The number of nitro groups is 1. The van der Waals surface area contributed by atoms with Gasteiger partial charge in [0.15, 0.2) is 0 Å². The van der Waals surface area contributed by atoms with Gasteiger partial charge < -0.3 is 13.2 Å². The molecule has 0 aliphatic heterocycles. The molecule has 0 fully saturated rings. The Morgan fingerprint density at radius 3 is 2.09 bits per heavy atom. The molecule has 0 rings (SSSR count). The van der Waals surface area contributed by atoms with E-state index < -0.39 is 5.03 Å². The Labute approximate surface area is 89.9 Å². The molecular weight excluding hydrogens is 372 g/mol. The van der Waals surface area contributed by atoms with Gasteiger partial charge in [-0.3, -0.25) is 10.1 Å². The Kier molecular flexibility index (Phi) is 12.5. The van der Waals surface area contributed by atoms with Gasteiger partial charge >= 0.3 is 31.1 Å². The molecule has 5 nitrogen and oxygen atoms in total. The first kappa shape index (κ1) is 17.1. The summed E-state index contributed by atoms with van der Waals surface area (Å²) in [6.45, 7) is 3.35. The molecule has 6 heteroatoms. The SMILES string of the molecule is CC(C)/C([NH-])=N/[N+](=O)[O-].[CH3-].[U+2]. The zero-order valence-corrected chi connectivity index (χ0v) is 11.0. The molecule has 0 aromatic rings. The largest absolute Gasteiger partial charge is 2.00 e. The fraction of sp³-hybridized carbons (Fsp3) is 0.600. The van der Waals surface area contributed by atoms with Crippen molar-refractivity contribution >= 4 is 5.84 Å². The van der Waals surface area contributed by atoms with Gasteiger partial charge in [0.1, 0.15) is 0 Å². The van der Waals surface area contributed by atoms with Gasteiger partial charge in [-0.1, -0.05) is 13.8 Å². The molecule has 0 amide bonds. The zero-order valence-electron chi connectivity index (χ0n) is 6.79. The van der Waals surface area contributed by atoms with Gasteiger partial charge in [-0.15, -0.1) is 5.10 Å². The number of hydrazone groups is 1. The second-order valence-electron chi connectivity index (χ2n) is 1.88. The first-order valence-corrected chi connectivity index (χ1v) is 2.48. The quantitative estimate of drug-likeness (QED) is 0.239. The van der Waals surface area contributed by atoms with Crippen molar-refractivity contribution in [2.45, 2.75) is 13.8 Å². The summed E-state index contributed by atoms with van der Waals surface area (Å²) in [5, 5.41) is 11.5. The Morgan fingerprint density at radius 2 is 2.00 bits per heavy atom. The van der Waals surface area contributed by atoms with E-state index in [0.717, 1.165) is 0 Å². The topological polar surface area (TPSA) is 79.3 Å². The summed E-state index contributed by atoms with van der Waals surface area (Å²) in [6.07, 6.45) is 0. The molecule has 0 spiro atoms. The summed E-state index contributed by atoms with van der Waals surface area (Å²) in [5.41, 5.74) is 6.87. The molecule has 0 radical (unpaired) electrons. The molecule has 0 aliphatic carbocycles. The Morgan fingerprint density at radius 1 is 1.64 bits per heavy atom. The minimum atomic E-state index is -0.859. The molecule has 0 aliphatic rings. The van der Waals surface area contributed by atoms with Crippen molar-refractivity contribution in [3.05, 3.63) is 23.3 Å². The van der Waals surface area contributed by atoms with Crippen LogP contribution in [0.3, 0.4) is 0 Å². The molecule has 62 valence electrons. The van der Waals surface area contributed by atoms with E-state index in [0.29, 0.717) is 0 Å². The second-order valence-corrected chi connectivity index (χ2v) is 1.88. The van der Waals surface area contributed by atoms with Crippen LogP contribution in [-0.4, -0.2) is 10.9 Å². The predicted molar refractivity (Wildman–Crippen MR) is 40.0 cm³/mol. The maximum Gasteiger partial charge on any atom is 2.00 e. The van der Waals surface area contributed by atoms with Crippen LogP contribution in [0, 0.1) is 54.6 Å². The summed E-state index contributed by atoms with van der Waals surface area (Å²) >= 11 is 0. The van der Waals surface area contributed by atoms with Gasteiger partial charge in [-0.2, -0.15) is 0 Å². The van der Waals surface area contributed by atoms with Crippen molar-refractivity contribution in [1.29, 1.82) is 0 Å². The van der Waals surface area contributed by atoms with Crippen molar-refractivity contribution in [3.63, 3.8) is 0 Å². The standard InChI is InChI=1S/C4H8N3O2.CH3.U/c1-3(2)4(5)6-7(8)9;;/h3H,1-2H3,(H-,5,6);1H3;/q2*-1;+2. The summed E-state index contributed by atoms with van der Waals surface area (Å²) in [5.74, 6) is -0.365. The Balaban J connectivity index is -0.000000320. The van der Waals surface area contributed by atoms with Gasteiger partial charge in [0.2, 0.25) is 0 Å². The Hall–Kier alpha value is -0.0781. The fourth-order valence-corrected chi connectivity index (χ4v) is 0.203. The first-order valence-electron chi connectivity index (χ1n) is 2.48. The van der Waals surface area contributed by atoms with Crippen LogP contribution in [0.2, 0.25) is 0 Å². The normalized spacial score (nSPS) is 9.91. The molecule has 0 saturated heterocycles. The van der Waals surface area contributed by atoms with E-state index >= 15 is 0 Å². The summed E-state index contributed by atoms with van der Waals surface area (Å²) in [4.78, 5) is 9.61. The van der Waals surface area contributed by atoms with Gasteiger partial charge in [0.25, 0.3) is 0 Å². The summed E-state index contributed by atoms with van der Waals surface area (Å²) in [7, 11) is 0. The third-order valence-corrected chi connectivity index (χ3v) is 0.736. The number of amidine groups is 1. The van der Waals surface area contributed by atoms with Crippen LogP contribution in [0.5, 0.6) is 0 Å². The van der Waals surface area contributed by atoms with E-state index in [-0.39, 0.29) is 50.3 Å². The van der Waals surface area contributed by atoms with Crippen molar-refractivity contribution in [2.24, 2.45) is 11.0 Å². The van der Waals surface area contributed by atoms with Crippen molar-refractivity contribution in [1.82, 2.24) is 0 Å². The number of rotatable bonds is 2. The zero-order chi connectivity index (χ0) is 7.44. The average Bonchev–Trinajstić information content (AvgIpc) is 1.63. The molecule has 0 saturated carbocycles. The van der Waals surface area contributed by atoms with E-state index in [4.69, 9.17) is 5.73 Å². The van der Waals surface area contributed by atoms with E-state index in [1.165, 1.54) is 0 Å². The minimum Gasteiger partial charge on any atom is -0.481 e. The monoisotopic (exact) mass is 383 g/mol. The molecule has 0 heterocycles. The fourth-order valence-electron chi connectivity index (χ4n) is 0.203. The minimum absolute atomic E-state index is 0. The smallest absolute Gasteiger partial charge is 0.481 e. The van der Waals surface area contributed by atoms with Gasteiger partial charge in [-0.25, -0.2) is 0 Å². The number of nitrogens with zero attached hydrogens (tertiary/aromatic N) is 2. The molecule has 11 heavy (non-hydrogen) atoms. The third-order valence-electron chi connectivity index (χ3n) is 0.736. The number of nitrogens with one attached hydrogen (secondary N) is 1. The van der Waals surface area contributed by atoms with Crippen molar-refractivity contribution in [2.75, 3.05) is 0 Å². The van der Waals surface area contributed by atoms with Crippen molar-refractivity contribution < 1.29 is 36.1 Å². The van der Waals surface area contributed by atoms with Gasteiger partial charge in [0, 0.05) is 0 Å². The second kappa shape index (κ2) is 8.02. The molecule has 0 bridgehead atoms. The number of hydrogen-bond acceptors (Lipinski definition) is 2. The van der Waals surface area contributed by atoms with Gasteiger partial charge in [0.05, 0.1) is 5.03 Å². The molecule has 0 unspecified atom stereocenters. The van der Waals surface area contributed by atoms with Crippen LogP contribution in [0.4, 0.5) is 0 Å². The average molecular weight is 383 g/mol.